The Balaban J connectivity index is 2.87. The van der Waals surface area contributed by atoms with Crippen LogP contribution >= 0.6 is 15.9 Å². The zero-order valence-corrected chi connectivity index (χ0v) is 8.12. The first-order valence-electron chi connectivity index (χ1n) is 3.66. The Bertz CT molecular complexity index is 455. The molecule has 0 bridgehead atoms. The lowest BCUT2D eigenvalue weighted by molar-refractivity contribution is 0.270. The van der Waals surface area contributed by atoms with Gasteiger partial charge in [-0.3, -0.25) is 4.40 Å². The standard InChI is InChI=1S/C8H6BrFN2O/c9-8-7-5(10)2-1-3-12(7)6(4-13)11-8/h1-3,13H,4H2. The molecule has 0 saturated heterocycles. The molecule has 2 rings (SSSR count). The van der Waals surface area contributed by atoms with Crippen LogP contribution in [0, 0.1) is 5.82 Å². The van der Waals surface area contributed by atoms with Crippen LogP contribution in [0.25, 0.3) is 5.52 Å². The predicted molar refractivity (Wildman–Crippen MR) is 48.8 cm³/mol. The highest BCUT2D eigenvalue weighted by molar-refractivity contribution is 9.10. The van der Waals surface area contributed by atoms with Crippen LogP contribution in [-0.4, -0.2) is 14.5 Å². The number of aliphatic hydroxyl groups excluding tert-OH is 1. The molecule has 0 saturated carbocycles. The number of aliphatic hydroxyl groups is 1. The van der Waals surface area contributed by atoms with E-state index < -0.39 is 0 Å². The molecule has 2 aromatic heterocycles. The lowest BCUT2D eigenvalue weighted by Gasteiger charge is -1.97. The molecule has 5 heteroatoms. The molecule has 0 radical (unpaired) electrons. The number of rotatable bonds is 1. The average molecular weight is 245 g/mol. The number of hydrogen-bond acceptors (Lipinski definition) is 2. The van der Waals surface area contributed by atoms with Crippen molar-refractivity contribution in [2.24, 2.45) is 0 Å². The van der Waals surface area contributed by atoms with Gasteiger partial charge in [0.25, 0.3) is 0 Å². The Labute approximate surface area is 82.0 Å². The van der Waals surface area contributed by atoms with Crippen molar-refractivity contribution in [2.45, 2.75) is 6.61 Å². The summed E-state index contributed by atoms with van der Waals surface area (Å²) in [4.78, 5) is 3.96. The minimum Gasteiger partial charge on any atom is -0.388 e. The summed E-state index contributed by atoms with van der Waals surface area (Å²) in [5.41, 5.74) is 0.353. The minimum atomic E-state index is -0.360. The van der Waals surface area contributed by atoms with E-state index in [4.69, 9.17) is 5.11 Å². The number of hydrogen-bond donors (Lipinski definition) is 1. The summed E-state index contributed by atoms with van der Waals surface area (Å²) >= 11 is 3.13. The number of nitrogens with zero attached hydrogens (tertiary/aromatic N) is 2. The zero-order valence-electron chi connectivity index (χ0n) is 6.54. The third-order valence-corrected chi connectivity index (χ3v) is 2.34. The largest absolute Gasteiger partial charge is 0.388 e. The zero-order chi connectivity index (χ0) is 9.42. The lowest BCUT2D eigenvalue weighted by Crippen LogP contribution is -1.94. The van der Waals surface area contributed by atoms with Gasteiger partial charge in [0.05, 0.1) is 0 Å². The van der Waals surface area contributed by atoms with Crippen LogP contribution in [0.15, 0.2) is 22.9 Å². The van der Waals surface area contributed by atoms with Crippen LogP contribution in [0.4, 0.5) is 4.39 Å². The van der Waals surface area contributed by atoms with Gasteiger partial charge in [-0.05, 0) is 28.1 Å². The number of imidazole rings is 1. The van der Waals surface area contributed by atoms with Crippen molar-refractivity contribution >= 4 is 21.4 Å². The van der Waals surface area contributed by atoms with Crippen molar-refractivity contribution in [3.8, 4) is 0 Å². The highest BCUT2D eigenvalue weighted by Gasteiger charge is 2.11. The predicted octanol–water partition coefficient (Wildman–Crippen LogP) is 1.73. The van der Waals surface area contributed by atoms with Gasteiger partial charge in [0.1, 0.15) is 28.4 Å². The number of pyridine rings is 1. The van der Waals surface area contributed by atoms with Crippen LogP contribution in [-0.2, 0) is 6.61 Å². The van der Waals surface area contributed by atoms with Gasteiger partial charge < -0.3 is 5.11 Å². The summed E-state index contributed by atoms with van der Waals surface area (Å²) in [5.74, 6) is 0.0583. The first-order chi connectivity index (χ1) is 6.24. The van der Waals surface area contributed by atoms with Gasteiger partial charge in [0.15, 0.2) is 0 Å². The second-order valence-electron chi connectivity index (χ2n) is 2.55. The third kappa shape index (κ3) is 1.24. The van der Waals surface area contributed by atoms with Gasteiger partial charge in [0, 0.05) is 6.20 Å². The fraction of sp³-hybridized carbons (Fsp3) is 0.125. The van der Waals surface area contributed by atoms with Crippen molar-refractivity contribution in [1.82, 2.24) is 9.38 Å². The monoisotopic (exact) mass is 244 g/mol. The lowest BCUT2D eigenvalue weighted by atomic mass is 10.4. The normalized spacial score (nSPS) is 11.0. The van der Waals surface area contributed by atoms with E-state index in [1.807, 2.05) is 0 Å². The summed E-state index contributed by atoms with van der Waals surface area (Å²) in [6.07, 6.45) is 1.65. The quantitative estimate of drug-likeness (QED) is 0.830. The molecule has 2 aromatic rings. The Kier molecular flexibility index (Phi) is 2.05. The van der Waals surface area contributed by atoms with Crippen LogP contribution in [0.1, 0.15) is 5.82 Å². The molecule has 0 aromatic carbocycles. The Morgan fingerprint density at radius 1 is 1.62 bits per heavy atom. The molecule has 1 N–H and O–H groups in total. The molecule has 0 unspecified atom stereocenters. The summed E-state index contributed by atoms with van der Waals surface area (Å²) in [6.45, 7) is -0.212. The smallest absolute Gasteiger partial charge is 0.150 e. The van der Waals surface area contributed by atoms with Crippen LogP contribution in [0.3, 0.4) is 0 Å². The molecule has 2 heterocycles. The van der Waals surface area contributed by atoms with Gasteiger partial charge in [-0.1, -0.05) is 0 Å². The second kappa shape index (κ2) is 3.08. The third-order valence-electron chi connectivity index (χ3n) is 1.79. The number of aromatic nitrogens is 2. The van der Waals surface area contributed by atoms with E-state index >= 15 is 0 Å². The maximum Gasteiger partial charge on any atom is 0.150 e. The maximum absolute atomic E-state index is 13.2. The molecule has 0 aliphatic rings. The van der Waals surface area contributed by atoms with E-state index in [9.17, 15) is 4.39 Å². The molecule has 0 amide bonds. The fourth-order valence-electron chi connectivity index (χ4n) is 1.23. The van der Waals surface area contributed by atoms with Crippen LogP contribution in [0.5, 0.6) is 0 Å². The van der Waals surface area contributed by atoms with Crippen molar-refractivity contribution in [1.29, 1.82) is 0 Å². The summed E-state index contributed by atoms with van der Waals surface area (Å²) in [5, 5.41) is 8.91. The molecule has 68 valence electrons. The van der Waals surface area contributed by atoms with Crippen LogP contribution in [0.2, 0.25) is 0 Å². The first-order valence-corrected chi connectivity index (χ1v) is 4.45. The van der Waals surface area contributed by atoms with E-state index in [-0.39, 0.29) is 12.4 Å². The van der Waals surface area contributed by atoms with Gasteiger partial charge in [-0.25, -0.2) is 9.37 Å². The van der Waals surface area contributed by atoms with E-state index in [0.717, 1.165) is 0 Å². The SMILES string of the molecule is OCc1nc(Br)c2c(F)cccn12. The second-order valence-corrected chi connectivity index (χ2v) is 3.30. The minimum absolute atomic E-state index is 0.212. The Hall–Kier alpha value is -0.940. The van der Waals surface area contributed by atoms with Gasteiger partial charge in [-0.2, -0.15) is 0 Å². The Morgan fingerprint density at radius 2 is 2.38 bits per heavy atom. The van der Waals surface area contributed by atoms with E-state index in [0.29, 0.717) is 15.9 Å². The van der Waals surface area contributed by atoms with Crippen molar-refractivity contribution in [2.75, 3.05) is 0 Å². The van der Waals surface area contributed by atoms with Crippen molar-refractivity contribution < 1.29 is 9.50 Å². The van der Waals surface area contributed by atoms with Gasteiger partial charge in [-0.15, -0.1) is 0 Å². The maximum atomic E-state index is 13.2. The van der Waals surface area contributed by atoms with E-state index in [1.54, 1.807) is 12.3 Å². The Morgan fingerprint density at radius 3 is 3.08 bits per heavy atom. The van der Waals surface area contributed by atoms with Gasteiger partial charge in [0.2, 0.25) is 0 Å². The van der Waals surface area contributed by atoms with E-state index in [1.165, 1.54) is 10.5 Å². The topological polar surface area (TPSA) is 37.5 Å². The summed E-state index contributed by atoms with van der Waals surface area (Å²) in [6, 6.07) is 2.92. The molecule has 0 fully saturated rings. The highest BCUT2D eigenvalue weighted by Crippen LogP contribution is 2.21. The number of fused-ring (bicyclic) bond motifs is 1. The molecule has 0 spiro atoms. The van der Waals surface area contributed by atoms with Crippen LogP contribution < -0.4 is 0 Å². The van der Waals surface area contributed by atoms with Gasteiger partial charge >= 0.3 is 0 Å². The fourth-order valence-corrected chi connectivity index (χ4v) is 1.81. The summed E-state index contributed by atoms with van der Waals surface area (Å²) in [7, 11) is 0. The molecule has 0 atom stereocenters. The molecule has 3 nitrogen and oxygen atoms in total. The molecule has 13 heavy (non-hydrogen) atoms. The van der Waals surface area contributed by atoms with Crippen molar-refractivity contribution in [3.05, 3.63) is 34.6 Å². The first kappa shape index (κ1) is 8.65. The van der Waals surface area contributed by atoms with E-state index in [2.05, 4.69) is 20.9 Å². The molecule has 0 aliphatic carbocycles. The molecular weight excluding hydrogens is 239 g/mol. The molecule has 0 aliphatic heterocycles. The van der Waals surface area contributed by atoms with Crippen molar-refractivity contribution in [3.63, 3.8) is 0 Å². The average Bonchev–Trinajstić information content (AvgIpc) is 2.44. The molecular formula is C8H6BrFN2O. The summed E-state index contributed by atoms with van der Waals surface area (Å²) < 4.78 is 15.1. The number of halogens is 2. The highest BCUT2D eigenvalue weighted by atomic mass is 79.9.